The lowest BCUT2D eigenvalue weighted by molar-refractivity contribution is -0.144. The Morgan fingerprint density at radius 3 is 2.77 bits per heavy atom. The lowest BCUT2D eigenvalue weighted by atomic mass is 10.1. The first kappa shape index (κ1) is 16.1. The summed E-state index contributed by atoms with van der Waals surface area (Å²) in [5, 5.41) is 1.35. The molecule has 1 heterocycles. The summed E-state index contributed by atoms with van der Waals surface area (Å²) in [6.45, 7) is 2.44. The van der Waals surface area contributed by atoms with E-state index < -0.39 is 0 Å². The van der Waals surface area contributed by atoms with Crippen LogP contribution in [0.2, 0.25) is 0 Å². The molecule has 0 fully saturated rings. The molecule has 0 radical (unpaired) electrons. The average molecular weight is 303 g/mol. The van der Waals surface area contributed by atoms with Crippen molar-refractivity contribution >= 4 is 16.7 Å². The second-order valence-corrected chi connectivity index (χ2v) is 5.13. The summed E-state index contributed by atoms with van der Waals surface area (Å²) >= 11 is 0. The molecule has 5 heteroatoms. The van der Waals surface area contributed by atoms with Crippen LogP contribution in [0.3, 0.4) is 0 Å². The van der Waals surface area contributed by atoms with E-state index in [0.717, 1.165) is 24.6 Å². The molecule has 5 nitrogen and oxygen atoms in total. The highest BCUT2D eigenvalue weighted by Gasteiger charge is 2.08. The largest absolute Gasteiger partial charge is 0.497 e. The van der Waals surface area contributed by atoms with Gasteiger partial charge in [0.1, 0.15) is 12.3 Å². The van der Waals surface area contributed by atoms with Crippen LogP contribution in [0.25, 0.3) is 10.8 Å². The fourth-order valence-electron chi connectivity index (χ4n) is 2.24. The van der Waals surface area contributed by atoms with E-state index in [0.29, 0.717) is 17.7 Å². The monoisotopic (exact) mass is 303 g/mol. The maximum atomic E-state index is 12.4. The molecule has 0 bridgehead atoms. The summed E-state index contributed by atoms with van der Waals surface area (Å²) in [5.74, 6) is 0.311. The minimum atomic E-state index is -0.383. The van der Waals surface area contributed by atoms with E-state index >= 15 is 0 Å². The first-order chi connectivity index (χ1) is 10.7. The van der Waals surface area contributed by atoms with Crippen LogP contribution in [0.1, 0.15) is 26.2 Å². The van der Waals surface area contributed by atoms with Gasteiger partial charge >= 0.3 is 5.97 Å². The number of unbranched alkanes of at least 4 members (excludes halogenated alkanes) is 2. The van der Waals surface area contributed by atoms with Crippen LogP contribution in [0.4, 0.5) is 0 Å². The Kier molecular flexibility index (Phi) is 5.58. The van der Waals surface area contributed by atoms with Crippen LogP contribution in [-0.2, 0) is 16.1 Å². The molecule has 118 valence electrons. The Hall–Kier alpha value is -2.30. The normalized spacial score (nSPS) is 10.6. The third kappa shape index (κ3) is 3.87. The molecular weight excluding hydrogens is 282 g/mol. The standard InChI is InChI=1S/C17H21NO4/c1-3-4-5-10-22-16(19)12-18-9-8-13-11-14(21-2)6-7-15(13)17(18)20/h6-9,11H,3-5,10,12H2,1-2H3. The molecule has 0 atom stereocenters. The van der Waals surface area contributed by atoms with E-state index in [4.69, 9.17) is 9.47 Å². The number of hydrogen-bond acceptors (Lipinski definition) is 4. The van der Waals surface area contributed by atoms with E-state index in [1.54, 1.807) is 37.6 Å². The number of pyridine rings is 1. The van der Waals surface area contributed by atoms with Gasteiger partial charge in [-0.25, -0.2) is 0 Å². The zero-order valence-electron chi connectivity index (χ0n) is 13.0. The third-order valence-corrected chi connectivity index (χ3v) is 3.49. The van der Waals surface area contributed by atoms with Gasteiger partial charge in [-0.1, -0.05) is 19.8 Å². The van der Waals surface area contributed by atoms with Gasteiger partial charge in [0.15, 0.2) is 0 Å². The highest BCUT2D eigenvalue weighted by Crippen LogP contribution is 2.17. The Balaban J connectivity index is 2.10. The molecule has 1 aromatic carbocycles. The number of esters is 1. The van der Waals surface area contributed by atoms with Crippen molar-refractivity contribution in [3.63, 3.8) is 0 Å². The van der Waals surface area contributed by atoms with Gasteiger partial charge in [-0.15, -0.1) is 0 Å². The number of methoxy groups -OCH3 is 1. The number of carbonyl (C=O) groups is 1. The first-order valence-electron chi connectivity index (χ1n) is 7.48. The van der Waals surface area contributed by atoms with E-state index in [1.165, 1.54) is 4.57 Å². The zero-order valence-corrected chi connectivity index (χ0v) is 13.0. The van der Waals surface area contributed by atoms with E-state index in [1.807, 2.05) is 0 Å². The number of benzene rings is 1. The third-order valence-electron chi connectivity index (χ3n) is 3.49. The maximum absolute atomic E-state index is 12.4. The summed E-state index contributed by atoms with van der Waals surface area (Å²) in [6.07, 6.45) is 4.57. The van der Waals surface area contributed by atoms with Crippen molar-refractivity contribution in [2.45, 2.75) is 32.7 Å². The lowest BCUT2D eigenvalue weighted by Gasteiger charge is -2.08. The Morgan fingerprint density at radius 2 is 2.05 bits per heavy atom. The molecule has 0 amide bonds. The van der Waals surface area contributed by atoms with Gasteiger partial charge in [0.25, 0.3) is 5.56 Å². The van der Waals surface area contributed by atoms with Crippen molar-refractivity contribution in [3.05, 3.63) is 40.8 Å². The molecule has 0 unspecified atom stereocenters. The van der Waals surface area contributed by atoms with Gasteiger partial charge in [0.05, 0.1) is 13.7 Å². The quantitative estimate of drug-likeness (QED) is 0.583. The van der Waals surface area contributed by atoms with Crippen LogP contribution < -0.4 is 10.3 Å². The van der Waals surface area contributed by atoms with Gasteiger partial charge in [0.2, 0.25) is 0 Å². The Bertz CT molecular complexity index is 705. The topological polar surface area (TPSA) is 57.5 Å². The predicted octanol–water partition coefficient (Wildman–Crippen LogP) is 2.74. The molecule has 0 spiro atoms. The van der Waals surface area contributed by atoms with Crippen LogP contribution in [0.15, 0.2) is 35.3 Å². The SMILES string of the molecule is CCCCCOC(=O)Cn1ccc2cc(OC)ccc2c1=O. The second kappa shape index (κ2) is 7.64. The summed E-state index contributed by atoms with van der Waals surface area (Å²) in [6, 6.07) is 7.03. The molecule has 1 aromatic heterocycles. The minimum Gasteiger partial charge on any atom is -0.497 e. The van der Waals surface area contributed by atoms with E-state index in [9.17, 15) is 9.59 Å². The molecule has 2 aromatic rings. The zero-order chi connectivity index (χ0) is 15.9. The molecule has 0 saturated carbocycles. The van der Waals surface area contributed by atoms with Gasteiger partial charge in [-0.3, -0.25) is 9.59 Å². The molecule has 0 aliphatic carbocycles. The fourth-order valence-corrected chi connectivity index (χ4v) is 2.24. The number of fused-ring (bicyclic) bond motifs is 1. The average Bonchev–Trinajstić information content (AvgIpc) is 2.54. The molecule has 0 aliphatic heterocycles. The van der Waals surface area contributed by atoms with E-state index in [-0.39, 0.29) is 18.1 Å². The number of ether oxygens (including phenoxy) is 2. The summed E-state index contributed by atoms with van der Waals surface area (Å²) < 4.78 is 11.6. The van der Waals surface area contributed by atoms with Crippen LogP contribution >= 0.6 is 0 Å². The van der Waals surface area contributed by atoms with Gasteiger partial charge in [-0.05, 0) is 36.1 Å². The van der Waals surface area contributed by atoms with Gasteiger partial charge < -0.3 is 14.0 Å². The second-order valence-electron chi connectivity index (χ2n) is 5.13. The smallest absolute Gasteiger partial charge is 0.326 e. The van der Waals surface area contributed by atoms with Crippen molar-refractivity contribution in [1.82, 2.24) is 4.57 Å². The van der Waals surface area contributed by atoms with Crippen LogP contribution in [0.5, 0.6) is 5.75 Å². The van der Waals surface area contributed by atoms with Crippen molar-refractivity contribution < 1.29 is 14.3 Å². The minimum absolute atomic E-state index is 0.0626. The predicted molar refractivity (Wildman–Crippen MR) is 85.2 cm³/mol. The molecule has 2 rings (SSSR count). The van der Waals surface area contributed by atoms with Gasteiger partial charge in [0, 0.05) is 11.6 Å². The summed E-state index contributed by atoms with van der Waals surface area (Å²) in [5.41, 5.74) is -0.203. The van der Waals surface area contributed by atoms with Crippen LogP contribution in [-0.4, -0.2) is 24.3 Å². The Labute approximate surface area is 129 Å². The maximum Gasteiger partial charge on any atom is 0.326 e. The number of aromatic nitrogens is 1. The van der Waals surface area contributed by atoms with Crippen molar-refractivity contribution in [2.75, 3.05) is 13.7 Å². The van der Waals surface area contributed by atoms with E-state index in [2.05, 4.69) is 6.92 Å². The highest BCUT2D eigenvalue weighted by molar-refractivity contribution is 5.83. The molecule has 0 saturated heterocycles. The number of hydrogen-bond donors (Lipinski definition) is 0. The van der Waals surface area contributed by atoms with Crippen LogP contribution in [0, 0.1) is 0 Å². The molecule has 0 N–H and O–H groups in total. The first-order valence-corrected chi connectivity index (χ1v) is 7.48. The lowest BCUT2D eigenvalue weighted by Crippen LogP contribution is -2.25. The molecular formula is C17H21NO4. The van der Waals surface area contributed by atoms with Crippen molar-refractivity contribution in [1.29, 1.82) is 0 Å². The number of nitrogens with zero attached hydrogens (tertiary/aromatic N) is 1. The van der Waals surface area contributed by atoms with Crippen molar-refractivity contribution in [2.24, 2.45) is 0 Å². The highest BCUT2D eigenvalue weighted by atomic mass is 16.5. The molecule has 0 aliphatic rings. The summed E-state index contributed by atoms with van der Waals surface area (Å²) in [4.78, 5) is 24.1. The fraction of sp³-hybridized carbons (Fsp3) is 0.412. The Morgan fingerprint density at radius 1 is 1.23 bits per heavy atom. The van der Waals surface area contributed by atoms with Gasteiger partial charge in [-0.2, -0.15) is 0 Å². The summed E-state index contributed by atoms with van der Waals surface area (Å²) in [7, 11) is 1.58. The number of carbonyl (C=O) groups excluding carboxylic acids is 1. The molecule has 22 heavy (non-hydrogen) atoms. The van der Waals surface area contributed by atoms with Crippen molar-refractivity contribution in [3.8, 4) is 5.75 Å². The number of rotatable bonds is 7.